The molecule has 3 N–H and O–H groups in total. The van der Waals surface area contributed by atoms with Crippen LogP contribution in [0.4, 0.5) is 40.6 Å². The molecule has 0 bridgehead atoms. The molecular formula is C59H55N7O21. The monoisotopic (exact) mass is 1200 g/mol. The second-order valence-electron chi connectivity index (χ2n) is 17.3. The summed E-state index contributed by atoms with van der Waals surface area (Å²) in [5.41, 5.74) is 4.18. The van der Waals surface area contributed by atoms with Gasteiger partial charge in [-0.2, -0.15) is 0 Å². The van der Waals surface area contributed by atoms with Crippen molar-refractivity contribution in [1.82, 2.24) is 0 Å². The number of hydrogen-bond acceptors (Lipinski definition) is 21. The Kier molecular flexibility index (Phi) is 23.7. The predicted molar refractivity (Wildman–Crippen MR) is 313 cm³/mol. The van der Waals surface area contributed by atoms with Crippen LogP contribution in [0.3, 0.4) is 0 Å². The van der Waals surface area contributed by atoms with Crippen LogP contribution < -0.4 is 39.6 Å². The zero-order valence-electron chi connectivity index (χ0n) is 46.2. The molecule has 28 nitrogen and oxygen atoms in total. The highest BCUT2D eigenvalue weighted by Crippen LogP contribution is 2.33. The second kappa shape index (κ2) is 31.4. The summed E-state index contributed by atoms with van der Waals surface area (Å²) >= 11 is 0. The Morgan fingerprint density at radius 1 is 0.414 bits per heavy atom. The van der Waals surface area contributed by atoms with Crippen LogP contribution >= 0.6 is 0 Å². The Morgan fingerprint density at radius 3 is 1.16 bits per heavy atom. The number of rotatable bonds is 20. The van der Waals surface area contributed by atoms with E-state index in [4.69, 9.17) is 41.4 Å². The number of carbonyl (C=O) groups excluding carboxylic acids is 4. The highest BCUT2D eigenvalue weighted by molar-refractivity contribution is 6.04. The van der Waals surface area contributed by atoms with E-state index in [1.54, 1.807) is 48.5 Å². The van der Waals surface area contributed by atoms with Gasteiger partial charge in [0.25, 0.3) is 17.7 Å². The number of Topliss-reactive ketones (excluding diaryl/α,β-unsaturated/α-hetero) is 1. The molecule has 0 unspecified atom stereocenters. The van der Waals surface area contributed by atoms with Crippen LogP contribution in [0, 0.1) is 47.4 Å². The first-order valence-corrected chi connectivity index (χ1v) is 24.9. The van der Waals surface area contributed by atoms with Crippen LogP contribution in [-0.2, 0) is 0 Å². The fraction of sp³-hybridized carbons (Fsp3) is 0.153. The average molecular weight is 1200 g/mol. The highest BCUT2D eigenvalue weighted by atomic mass is 16.7. The number of hydrogen-bond donors (Lipinski definition) is 3. The van der Waals surface area contributed by atoms with E-state index >= 15 is 0 Å². The molecule has 0 radical (unpaired) electrons. The number of ketones is 1. The van der Waals surface area contributed by atoms with E-state index in [2.05, 4.69) is 16.0 Å². The number of benzene rings is 5. The van der Waals surface area contributed by atoms with Gasteiger partial charge in [0.1, 0.15) is 48.4 Å². The van der Waals surface area contributed by atoms with E-state index < -0.39 is 61.0 Å². The Labute approximate surface area is 493 Å². The van der Waals surface area contributed by atoms with Crippen molar-refractivity contribution >= 4 is 64.1 Å². The number of aryl methyl sites for hydroxylation is 1. The predicted octanol–water partition coefficient (Wildman–Crippen LogP) is 12.9. The van der Waals surface area contributed by atoms with Crippen molar-refractivity contribution in [2.45, 2.75) is 26.7 Å². The van der Waals surface area contributed by atoms with E-state index in [-0.39, 0.29) is 48.6 Å². The lowest BCUT2D eigenvalue weighted by Gasteiger charge is -2.16. The number of carbonyl (C=O) groups is 4. The first-order valence-electron chi connectivity index (χ1n) is 24.9. The maximum atomic E-state index is 12.5. The molecule has 3 amide bonds. The molecule has 0 atom stereocenters. The lowest BCUT2D eigenvalue weighted by molar-refractivity contribution is -0.402. The minimum Gasteiger partial charge on any atom is -0.497 e. The largest absolute Gasteiger partial charge is 0.497 e. The zero-order chi connectivity index (χ0) is 62.5. The number of anilines is 3. The average Bonchev–Trinajstić information content (AvgIpc) is 3.87. The molecule has 0 aliphatic heterocycles. The third-order valence-electron chi connectivity index (χ3n) is 11.7. The summed E-state index contributed by atoms with van der Waals surface area (Å²) in [6.45, 7) is 1.87. The Hall–Kier alpha value is -12.1. The lowest BCUT2D eigenvalue weighted by Crippen LogP contribution is -2.11. The van der Waals surface area contributed by atoms with Crippen LogP contribution in [0.15, 0.2) is 181 Å². The van der Waals surface area contributed by atoms with Crippen molar-refractivity contribution in [3.05, 3.63) is 244 Å². The molecule has 4 aromatic heterocycles. The molecule has 0 aliphatic carbocycles. The molecule has 5 aromatic carbocycles. The fourth-order valence-electron chi connectivity index (χ4n) is 7.59. The molecule has 0 spiro atoms. The topological polar surface area (TPSA) is 376 Å². The Balaban J connectivity index is 0.000000211. The van der Waals surface area contributed by atoms with Crippen molar-refractivity contribution in [3.8, 4) is 28.7 Å². The van der Waals surface area contributed by atoms with Gasteiger partial charge in [0.05, 0.1) is 76.9 Å². The van der Waals surface area contributed by atoms with Crippen LogP contribution in [0.1, 0.15) is 78.7 Å². The van der Waals surface area contributed by atoms with Crippen LogP contribution in [0.25, 0.3) is 0 Å². The summed E-state index contributed by atoms with van der Waals surface area (Å²) in [7, 11) is 7.38. The maximum absolute atomic E-state index is 12.5. The number of ether oxygens (including phenoxy) is 5. The van der Waals surface area contributed by atoms with Gasteiger partial charge in [0, 0.05) is 24.5 Å². The number of nitrogens with one attached hydrogen (secondary N) is 3. The molecule has 0 fully saturated rings. The quantitative estimate of drug-likeness (QED) is 0.0362. The number of nitro groups is 4. The molecular weight excluding hydrogens is 1140 g/mol. The van der Waals surface area contributed by atoms with Crippen molar-refractivity contribution in [2.24, 2.45) is 0 Å². The van der Waals surface area contributed by atoms with Crippen molar-refractivity contribution in [2.75, 3.05) is 51.5 Å². The highest BCUT2D eigenvalue weighted by Gasteiger charge is 2.25. The maximum Gasteiger partial charge on any atom is 0.433 e. The Morgan fingerprint density at radius 2 is 0.770 bits per heavy atom. The molecule has 0 saturated heterocycles. The number of methoxy groups -OCH3 is 5. The summed E-state index contributed by atoms with van der Waals surface area (Å²) < 4.78 is 45.0. The molecule has 0 saturated carbocycles. The number of furan rings is 4. The summed E-state index contributed by atoms with van der Waals surface area (Å²) in [6.07, 6.45) is 0.179. The number of nitrogens with zero attached hydrogens (tertiary/aromatic N) is 4. The number of amides is 3. The zero-order valence-corrected chi connectivity index (χ0v) is 46.2. The van der Waals surface area contributed by atoms with Crippen molar-refractivity contribution in [1.29, 1.82) is 0 Å². The summed E-state index contributed by atoms with van der Waals surface area (Å²) in [4.78, 5) is 87.9. The van der Waals surface area contributed by atoms with Gasteiger partial charge in [-0.05, 0) is 84.3 Å². The first kappa shape index (κ1) is 65.7. The van der Waals surface area contributed by atoms with E-state index in [0.29, 0.717) is 45.8 Å². The fourth-order valence-corrected chi connectivity index (χ4v) is 7.59. The van der Waals surface area contributed by atoms with Gasteiger partial charge >= 0.3 is 23.5 Å². The van der Waals surface area contributed by atoms with Gasteiger partial charge in [-0.3, -0.25) is 59.6 Å². The van der Waals surface area contributed by atoms with E-state index in [1.807, 2.05) is 73.7 Å². The van der Waals surface area contributed by atoms with Gasteiger partial charge in [0.2, 0.25) is 0 Å². The Bertz CT molecular complexity index is 3810. The third-order valence-corrected chi connectivity index (χ3v) is 11.7. The smallest absolute Gasteiger partial charge is 0.433 e. The van der Waals surface area contributed by atoms with Crippen LogP contribution in [-0.4, -0.2) is 78.7 Å². The summed E-state index contributed by atoms with van der Waals surface area (Å²) in [5.74, 6) is -2.20. The normalized spacial score (nSPS) is 10.1. The van der Waals surface area contributed by atoms with E-state index in [1.165, 1.54) is 65.9 Å². The van der Waals surface area contributed by atoms with Gasteiger partial charge in [-0.15, -0.1) is 0 Å². The lowest BCUT2D eigenvalue weighted by atomic mass is 9.87. The first-order chi connectivity index (χ1) is 41.2. The van der Waals surface area contributed by atoms with Gasteiger partial charge < -0.3 is 57.3 Å². The van der Waals surface area contributed by atoms with Crippen molar-refractivity contribution in [3.63, 3.8) is 0 Å². The van der Waals surface area contributed by atoms with Crippen molar-refractivity contribution < 1.29 is 80.2 Å². The molecule has 9 aromatic rings. The standard InChI is InChI=1S/C19H15NO4.2C13H12N2O6.C13H12N2O5.CH4/c21-17(18-11-12-19(24-18)20(22)23)13-16(14-7-3-1-4-8-14)15-9-5-2-6-10-15;1-19-8-3-4-10(20-2)9(7-8)14-13(16)11-5-6-12(21-11)15(17)18;1-19-8-3-4-9(11(7-8)20-2)14-13(16)10-5-6-12(21-10)15(17)18;1-8-3-4-10(19-2)9(7-8)14-13(16)11-5-6-12(20-11)15(17)18;/h1-12,16H,13H2;2*3-7H,1-2H3,(H,14,16);3-7H,1-2H3,(H,14,16);1H4. The van der Waals surface area contributed by atoms with Crippen LogP contribution in [0.5, 0.6) is 28.7 Å². The molecule has 28 heteroatoms. The third kappa shape index (κ3) is 18.2. The summed E-state index contributed by atoms with van der Waals surface area (Å²) in [6, 6.07) is 44.0. The minimum atomic E-state index is -0.719. The molecule has 9 rings (SSSR count). The van der Waals surface area contributed by atoms with Gasteiger partial charge in [0.15, 0.2) is 28.8 Å². The minimum absolute atomic E-state index is 0. The van der Waals surface area contributed by atoms with E-state index in [0.717, 1.165) is 34.9 Å². The van der Waals surface area contributed by atoms with Crippen LogP contribution in [0.2, 0.25) is 0 Å². The SMILES string of the molecule is C.COc1ccc(C)cc1NC(=O)c1ccc([N+](=O)[O-])o1.COc1ccc(NC(=O)c2ccc([N+](=O)[O-])o2)c(OC)c1.COc1ccc(OC)c(NC(=O)c2ccc([N+](=O)[O-])o2)c1.O=C(CC(c1ccccc1)c1ccccc1)c1ccc([N+](=O)[O-])o1. The molecule has 4 heterocycles. The van der Waals surface area contributed by atoms with E-state index in [9.17, 15) is 59.6 Å². The molecule has 0 aliphatic rings. The molecule has 87 heavy (non-hydrogen) atoms. The van der Waals surface area contributed by atoms with Gasteiger partial charge in [-0.1, -0.05) is 74.2 Å². The summed E-state index contributed by atoms with van der Waals surface area (Å²) in [5, 5.41) is 49.9. The van der Waals surface area contributed by atoms with Gasteiger partial charge in [-0.25, -0.2) is 0 Å². The molecule has 452 valence electrons. The second-order valence-corrected chi connectivity index (χ2v) is 17.3.